The number of hydrogen-bond acceptors (Lipinski definition) is 5. The van der Waals surface area contributed by atoms with Crippen molar-refractivity contribution in [2.45, 2.75) is 23.9 Å². The fourth-order valence-corrected chi connectivity index (χ4v) is 5.16. The van der Waals surface area contributed by atoms with Gasteiger partial charge in [0.05, 0.1) is 11.3 Å². The molecule has 33 heavy (non-hydrogen) atoms. The molecule has 1 aliphatic rings. The summed E-state index contributed by atoms with van der Waals surface area (Å²) in [6.45, 7) is 0.287. The van der Waals surface area contributed by atoms with Crippen molar-refractivity contribution in [3.63, 3.8) is 0 Å². The second-order valence-corrected chi connectivity index (χ2v) is 8.64. The first kappa shape index (κ1) is 23.2. The van der Waals surface area contributed by atoms with Gasteiger partial charge >= 0.3 is 6.18 Å². The van der Waals surface area contributed by atoms with Crippen molar-refractivity contribution >= 4 is 22.5 Å². The van der Waals surface area contributed by atoms with Crippen LogP contribution in [0, 0.1) is 11.6 Å². The molecular weight excluding hydrogens is 459 g/mol. The molecule has 172 valence electrons. The Labute approximate surface area is 191 Å². The van der Waals surface area contributed by atoms with E-state index in [0.717, 1.165) is 36.2 Å². The van der Waals surface area contributed by atoms with Gasteiger partial charge in [0.1, 0.15) is 21.5 Å². The number of rotatable bonds is 6. The van der Waals surface area contributed by atoms with E-state index in [1.54, 1.807) is 30.3 Å². The number of thioether (sulfide) groups is 1. The normalized spacial score (nSPS) is 18.5. The third kappa shape index (κ3) is 4.45. The summed E-state index contributed by atoms with van der Waals surface area (Å²) in [5, 5.41) is 5.74. The standard InChI is InChI=1S/C23H19F5N4S/c24-16-7-8-19(25)17(13-16)21-31-32(20-9-12-30-14-18(20)23(26,27)28)22(33-21,10-4-11-29)15-5-2-1-3-6-15/h1-3,5-9,12-14H,4,10-11,29H2. The lowest BCUT2D eigenvalue weighted by Crippen LogP contribution is -2.39. The molecule has 0 bridgehead atoms. The number of pyridine rings is 1. The lowest BCUT2D eigenvalue weighted by molar-refractivity contribution is -0.137. The molecule has 1 aliphatic heterocycles. The van der Waals surface area contributed by atoms with Crippen molar-refractivity contribution < 1.29 is 22.0 Å². The van der Waals surface area contributed by atoms with Gasteiger partial charge < -0.3 is 5.73 Å². The van der Waals surface area contributed by atoms with Gasteiger partial charge in [-0.05, 0) is 49.2 Å². The number of aromatic nitrogens is 1. The van der Waals surface area contributed by atoms with E-state index in [4.69, 9.17) is 5.73 Å². The Kier molecular flexibility index (Phi) is 6.40. The first-order valence-corrected chi connectivity index (χ1v) is 10.9. The zero-order valence-corrected chi connectivity index (χ0v) is 18.0. The maximum Gasteiger partial charge on any atom is 0.419 e. The number of hydrogen-bond donors (Lipinski definition) is 1. The van der Waals surface area contributed by atoms with Crippen LogP contribution in [0.4, 0.5) is 27.6 Å². The minimum Gasteiger partial charge on any atom is -0.330 e. The van der Waals surface area contributed by atoms with Crippen molar-refractivity contribution in [2.24, 2.45) is 10.8 Å². The molecule has 4 rings (SSSR count). The third-order valence-corrected chi connectivity index (χ3v) is 6.68. The lowest BCUT2D eigenvalue weighted by Gasteiger charge is -2.38. The molecule has 1 unspecified atom stereocenters. The van der Waals surface area contributed by atoms with Crippen molar-refractivity contribution in [2.75, 3.05) is 11.6 Å². The number of alkyl halides is 3. The molecule has 0 saturated carbocycles. The summed E-state index contributed by atoms with van der Waals surface area (Å²) in [6.07, 6.45) is -1.97. The smallest absolute Gasteiger partial charge is 0.330 e. The fraction of sp³-hybridized carbons (Fsp3) is 0.217. The van der Waals surface area contributed by atoms with E-state index < -0.39 is 28.2 Å². The maximum atomic E-state index is 14.6. The van der Waals surface area contributed by atoms with Crippen LogP contribution >= 0.6 is 11.8 Å². The Morgan fingerprint density at radius 3 is 2.48 bits per heavy atom. The molecule has 1 aromatic heterocycles. The number of anilines is 1. The highest BCUT2D eigenvalue weighted by Crippen LogP contribution is 2.54. The molecule has 2 N–H and O–H groups in total. The molecule has 2 heterocycles. The second-order valence-electron chi connectivity index (χ2n) is 7.38. The van der Waals surface area contributed by atoms with Crippen LogP contribution in [0.5, 0.6) is 0 Å². The molecule has 1 atom stereocenters. The number of nitrogens with two attached hydrogens (primary N) is 1. The van der Waals surface area contributed by atoms with E-state index in [9.17, 15) is 22.0 Å². The fourth-order valence-electron chi connectivity index (χ4n) is 3.73. The molecule has 0 fully saturated rings. The molecule has 3 aromatic rings. The molecule has 0 aliphatic carbocycles. The number of hydrazone groups is 1. The van der Waals surface area contributed by atoms with Crippen LogP contribution in [0.1, 0.15) is 29.5 Å². The maximum absolute atomic E-state index is 14.6. The summed E-state index contributed by atoms with van der Waals surface area (Å²) in [5.41, 5.74) is 5.06. The van der Waals surface area contributed by atoms with Crippen LogP contribution in [-0.4, -0.2) is 16.6 Å². The molecule has 2 aromatic carbocycles. The van der Waals surface area contributed by atoms with Crippen molar-refractivity contribution in [1.82, 2.24) is 4.98 Å². The summed E-state index contributed by atoms with van der Waals surface area (Å²) in [4.78, 5) is 2.47. The predicted molar refractivity (Wildman–Crippen MR) is 119 cm³/mol. The van der Waals surface area contributed by atoms with Crippen LogP contribution < -0.4 is 10.7 Å². The third-order valence-electron chi connectivity index (χ3n) is 5.23. The SMILES string of the molecule is NCCCC1(c2ccccc2)SC(c2cc(F)ccc2F)=NN1c1ccncc1C(F)(F)F. The Morgan fingerprint density at radius 2 is 1.79 bits per heavy atom. The van der Waals surface area contributed by atoms with Gasteiger partial charge in [0, 0.05) is 18.0 Å². The zero-order valence-electron chi connectivity index (χ0n) is 17.2. The van der Waals surface area contributed by atoms with Crippen LogP contribution in [-0.2, 0) is 11.0 Å². The highest BCUT2D eigenvalue weighted by atomic mass is 32.2. The summed E-state index contributed by atoms with van der Waals surface area (Å²) in [6, 6.07) is 13.0. The number of halogens is 5. The van der Waals surface area contributed by atoms with E-state index in [1.807, 2.05) is 0 Å². The largest absolute Gasteiger partial charge is 0.419 e. The van der Waals surface area contributed by atoms with Crippen LogP contribution in [0.15, 0.2) is 72.1 Å². The van der Waals surface area contributed by atoms with Gasteiger partial charge in [-0.2, -0.15) is 18.3 Å². The number of nitrogens with zero attached hydrogens (tertiary/aromatic N) is 3. The average Bonchev–Trinajstić information content (AvgIpc) is 3.20. The number of benzene rings is 2. The van der Waals surface area contributed by atoms with Gasteiger partial charge in [-0.1, -0.05) is 42.1 Å². The average molecular weight is 478 g/mol. The molecule has 0 radical (unpaired) electrons. The predicted octanol–water partition coefficient (Wildman–Crippen LogP) is 5.89. The Bertz CT molecular complexity index is 1170. The molecular formula is C23H19F5N4S. The van der Waals surface area contributed by atoms with Crippen LogP contribution in [0.2, 0.25) is 0 Å². The van der Waals surface area contributed by atoms with Crippen LogP contribution in [0.3, 0.4) is 0 Å². The van der Waals surface area contributed by atoms with E-state index in [2.05, 4.69) is 10.1 Å². The van der Waals surface area contributed by atoms with E-state index in [-0.39, 0.29) is 22.8 Å². The first-order valence-electron chi connectivity index (χ1n) is 10.1. The second kappa shape index (κ2) is 9.11. The highest BCUT2D eigenvalue weighted by molar-refractivity contribution is 8.15. The molecule has 10 heteroatoms. The Hall–Kier alpha value is -2.98. The van der Waals surface area contributed by atoms with E-state index in [0.29, 0.717) is 18.4 Å². The highest BCUT2D eigenvalue weighted by Gasteiger charge is 2.49. The van der Waals surface area contributed by atoms with Gasteiger partial charge in [-0.3, -0.25) is 4.98 Å². The van der Waals surface area contributed by atoms with Crippen molar-refractivity contribution in [1.29, 1.82) is 0 Å². The van der Waals surface area contributed by atoms with Gasteiger partial charge in [0.2, 0.25) is 0 Å². The molecule has 4 nitrogen and oxygen atoms in total. The Morgan fingerprint density at radius 1 is 1.03 bits per heavy atom. The molecule has 0 amide bonds. The minimum atomic E-state index is -4.70. The van der Waals surface area contributed by atoms with E-state index >= 15 is 0 Å². The van der Waals surface area contributed by atoms with Gasteiger partial charge in [-0.15, -0.1) is 0 Å². The summed E-state index contributed by atoms with van der Waals surface area (Å²) in [5.74, 6) is -1.41. The van der Waals surface area contributed by atoms with Gasteiger partial charge in [0.15, 0.2) is 0 Å². The summed E-state index contributed by atoms with van der Waals surface area (Å²) < 4.78 is 70.3. The topological polar surface area (TPSA) is 54.5 Å². The van der Waals surface area contributed by atoms with Gasteiger partial charge in [0.25, 0.3) is 0 Å². The monoisotopic (exact) mass is 478 g/mol. The Balaban J connectivity index is 1.97. The summed E-state index contributed by atoms with van der Waals surface area (Å²) in [7, 11) is 0. The summed E-state index contributed by atoms with van der Waals surface area (Å²) >= 11 is 1.08. The van der Waals surface area contributed by atoms with E-state index in [1.165, 1.54) is 17.3 Å². The van der Waals surface area contributed by atoms with Crippen molar-refractivity contribution in [3.8, 4) is 0 Å². The first-order chi connectivity index (χ1) is 15.8. The van der Waals surface area contributed by atoms with Crippen molar-refractivity contribution in [3.05, 3.63) is 95.3 Å². The van der Waals surface area contributed by atoms with Gasteiger partial charge in [-0.25, -0.2) is 13.8 Å². The lowest BCUT2D eigenvalue weighted by atomic mass is 9.99. The zero-order chi connectivity index (χ0) is 23.6. The minimum absolute atomic E-state index is 0.0674. The molecule has 0 spiro atoms. The van der Waals surface area contributed by atoms with Crippen LogP contribution in [0.25, 0.3) is 0 Å². The molecule has 0 saturated heterocycles. The quantitative estimate of drug-likeness (QED) is 0.449.